The van der Waals surface area contributed by atoms with Crippen molar-refractivity contribution in [1.29, 1.82) is 0 Å². The van der Waals surface area contributed by atoms with Gasteiger partial charge in [0.2, 0.25) is 5.91 Å². The minimum absolute atomic E-state index is 0. The molecule has 0 radical (unpaired) electrons. The molecule has 0 heterocycles. The van der Waals surface area contributed by atoms with E-state index in [0.29, 0.717) is 18.7 Å². The molecule has 1 aliphatic rings. The molecular formula is C18H29ClN2O2S. The summed E-state index contributed by atoms with van der Waals surface area (Å²) in [5, 5.41) is 3.08. The highest BCUT2D eigenvalue weighted by atomic mass is 35.5. The lowest BCUT2D eigenvalue weighted by atomic mass is 9.71. The van der Waals surface area contributed by atoms with Crippen molar-refractivity contribution in [1.82, 2.24) is 5.32 Å². The first-order valence-electron chi connectivity index (χ1n) is 8.39. The lowest BCUT2D eigenvalue weighted by Gasteiger charge is -2.36. The van der Waals surface area contributed by atoms with Crippen molar-refractivity contribution in [2.45, 2.75) is 44.6 Å². The minimum Gasteiger partial charge on any atom is -0.348 e. The minimum atomic E-state index is -0.971. The van der Waals surface area contributed by atoms with Crippen molar-refractivity contribution in [3.8, 4) is 0 Å². The number of rotatable bonds is 7. The van der Waals surface area contributed by atoms with E-state index >= 15 is 0 Å². The van der Waals surface area contributed by atoms with Crippen LogP contribution in [0.15, 0.2) is 30.3 Å². The van der Waals surface area contributed by atoms with Crippen LogP contribution >= 0.6 is 12.4 Å². The number of nitrogens with two attached hydrogens (primary N) is 1. The van der Waals surface area contributed by atoms with Crippen LogP contribution in [0, 0.1) is 5.41 Å². The predicted octanol–water partition coefficient (Wildman–Crippen LogP) is 2.94. The lowest BCUT2D eigenvalue weighted by Crippen LogP contribution is -2.40. The van der Waals surface area contributed by atoms with Gasteiger partial charge in [0.05, 0.1) is 6.04 Å². The summed E-state index contributed by atoms with van der Waals surface area (Å²) in [6.45, 7) is 0.566. The first-order valence-corrected chi connectivity index (χ1v) is 10.1. The summed E-state index contributed by atoms with van der Waals surface area (Å²) < 4.78 is 11.7. The van der Waals surface area contributed by atoms with Gasteiger partial charge in [0, 0.05) is 29.2 Å². The van der Waals surface area contributed by atoms with Crippen molar-refractivity contribution < 1.29 is 9.00 Å². The van der Waals surface area contributed by atoms with E-state index in [4.69, 9.17) is 5.73 Å². The molecule has 1 fully saturated rings. The molecule has 2 rings (SSSR count). The molecule has 2 atom stereocenters. The second-order valence-corrected chi connectivity index (χ2v) is 8.19. The number of amides is 1. The molecule has 0 bridgehead atoms. The highest BCUT2D eigenvalue weighted by Gasteiger charge is 2.33. The molecule has 6 heteroatoms. The fourth-order valence-electron chi connectivity index (χ4n) is 3.48. The number of nitrogens with one attached hydrogen (secondary N) is 1. The molecule has 1 aromatic carbocycles. The van der Waals surface area contributed by atoms with E-state index in [0.717, 1.165) is 31.2 Å². The number of carbonyl (C=O) groups is 1. The summed E-state index contributed by atoms with van der Waals surface area (Å²) in [5.74, 6) is 0.461. The van der Waals surface area contributed by atoms with Crippen LogP contribution in [0.2, 0.25) is 0 Å². The summed E-state index contributed by atoms with van der Waals surface area (Å²) in [6.07, 6.45) is 7.77. The van der Waals surface area contributed by atoms with E-state index in [1.165, 1.54) is 6.42 Å². The van der Waals surface area contributed by atoms with Gasteiger partial charge in [-0.25, -0.2) is 0 Å². The van der Waals surface area contributed by atoms with Crippen molar-refractivity contribution in [3.63, 3.8) is 0 Å². The number of halogens is 1. The van der Waals surface area contributed by atoms with Gasteiger partial charge < -0.3 is 11.1 Å². The molecule has 1 amide bonds. The summed E-state index contributed by atoms with van der Waals surface area (Å²) in [6, 6.07) is 9.56. The molecule has 24 heavy (non-hydrogen) atoms. The Morgan fingerprint density at radius 1 is 1.25 bits per heavy atom. The van der Waals surface area contributed by atoms with Gasteiger partial charge in [-0.15, -0.1) is 12.4 Å². The maximum atomic E-state index is 12.6. The smallest absolute Gasteiger partial charge is 0.221 e. The van der Waals surface area contributed by atoms with E-state index in [1.807, 2.05) is 30.3 Å². The maximum absolute atomic E-state index is 12.6. The third-order valence-electron chi connectivity index (χ3n) is 4.82. The Balaban J connectivity index is 0.00000288. The molecule has 1 aliphatic carbocycles. The third-order valence-corrected chi connectivity index (χ3v) is 5.62. The van der Waals surface area contributed by atoms with Gasteiger partial charge >= 0.3 is 0 Å². The van der Waals surface area contributed by atoms with Gasteiger partial charge in [0.15, 0.2) is 0 Å². The van der Waals surface area contributed by atoms with Gasteiger partial charge in [-0.2, -0.15) is 0 Å². The number of benzene rings is 1. The molecule has 1 saturated carbocycles. The van der Waals surface area contributed by atoms with Crippen LogP contribution in [0.4, 0.5) is 0 Å². The molecule has 1 aromatic rings. The Hall–Kier alpha value is -0.910. The van der Waals surface area contributed by atoms with Crippen LogP contribution in [0.1, 0.15) is 50.1 Å². The van der Waals surface area contributed by atoms with Crippen LogP contribution in [0.25, 0.3) is 0 Å². The molecule has 2 unspecified atom stereocenters. The van der Waals surface area contributed by atoms with Crippen LogP contribution in [-0.2, 0) is 15.6 Å². The van der Waals surface area contributed by atoms with Gasteiger partial charge in [-0.1, -0.05) is 49.6 Å². The highest BCUT2D eigenvalue weighted by molar-refractivity contribution is 7.84. The van der Waals surface area contributed by atoms with E-state index in [2.05, 4.69) is 5.32 Å². The molecule has 136 valence electrons. The first-order chi connectivity index (χ1) is 11.0. The average Bonchev–Trinajstić information content (AvgIpc) is 2.55. The summed E-state index contributed by atoms with van der Waals surface area (Å²) in [7, 11) is -0.971. The first kappa shape index (κ1) is 21.1. The Labute approximate surface area is 153 Å². The van der Waals surface area contributed by atoms with Gasteiger partial charge in [-0.05, 0) is 30.4 Å². The van der Waals surface area contributed by atoms with Crippen LogP contribution in [-0.4, -0.2) is 28.7 Å². The number of carbonyl (C=O) groups excluding carboxylic acids is 1. The molecule has 0 saturated heterocycles. The SMILES string of the molecule is CS(=O)CC(NC(=O)CC1(CN)CCCCC1)c1ccccc1.Cl. The topological polar surface area (TPSA) is 72.2 Å². The van der Waals surface area contributed by atoms with E-state index in [1.54, 1.807) is 6.26 Å². The zero-order valence-corrected chi connectivity index (χ0v) is 16.0. The Morgan fingerprint density at radius 3 is 2.42 bits per heavy atom. The van der Waals surface area contributed by atoms with E-state index < -0.39 is 10.8 Å². The summed E-state index contributed by atoms with van der Waals surface area (Å²) in [4.78, 5) is 12.6. The van der Waals surface area contributed by atoms with Gasteiger partial charge in [0.25, 0.3) is 0 Å². The standard InChI is InChI=1S/C18H28N2O2S.ClH/c1-23(22)13-16(15-8-4-2-5-9-15)20-17(21)12-18(14-19)10-6-3-7-11-18;/h2,4-5,8-9,16H,3,6-7,10-14,19H2,1H3,(H,20,21);1H. The van der Waals surface area contributed by atoms with Crippen LogP contribution < -0.4 is 11.1 Å². The molecule has 3 N–H and O–H groups in total. The highest BCUT2D eigenvalue weighted by Crippen LogP contribution is 2.38. The zero-order chi connectivity index (χ0) is 16.7. The lowest BCUT2D eigenvalue weighted by molar-refractivity contribution is -0.124. The number of hydrogen-bond donors (Lipinski definition) is 2. The van der Waals surface area contributed by atoms with Crippen molar-refractivity contribution in [3.05, 3.63) is 35.9 Å². The fraction of sp³-hybridized carbons (Fsp3) is 0.611. The van der Waals surface area contributed by atoms with Crippen molar-refractivity contribution in [2.24, 2.45) is 11.1 Å². The van der Waals surface area contributed by atoms with E-state index in [9.17, 15) is 9.00 Å². The average molecular weight is 373 g/mol. The van der Waals surface area contributed by atoms with Crippen LogP contribution in [0.3, 0.4) is 0 Å². The largest absolute Gasteiger partial charge is 0.348 e. The quantitative estimate of drug-likeness (QED) is 0.772. The normalized spacial score (nSPS) is 18.9. The zero-order valence-electron chi connectivity index (χ0n) is 14.3. The molecule has 0 aromatic heterocycles. The monoisotopic (exact) mass is 372 g/mol. The fourth-order valence-corrected chi connectivity index (χ4v) is 4.23. The van der Waals surface area contributed by atoms with Gasteiger partial charge in [0.1, 0.15) is 0 Å². The molecule has 4 nitrogen and oxygen atoms in total. The van der Waals surface area contributed by atoms with Crippen molar-refractivity contribution in [2.75, 3.05) is 18.6 Å². The Kier molecular flexibility index (Phi) is 8.95. The van der Waals surface area contributed by atoms with Crippen molar-refractivity contribution >= 4 is 29.1 Å². The van der Waals surface area contributed by atoms with Gasteiger partial charge in [-0.3, -0.25) is 9.00 Å². The summed E-state index contributed by atoms with van der Waals surface area (Å²) in [5.41, 5.74) is 6.94. The second kappa shape index (κ2) is 10.2. The Bertz CT molecular complexity index is 533. The van der Waals surface area contributed by atoms with Crippen LogP contribution in [0.5, 0.6) is 0 Å². The summed E-state index contributed by atoms with van der Waals surface area (Å²) >= 11 is 0. The number of hydrogen-bond acceptors (Lipinski definition) is 3. The maximum Gasteiger partial charge on any atom is 0.221 e. The molecule has 0 aliphatic heterocycles. The van der Waals surface area contributed by atoms with E-state index in [-0.39, 0.29) is 29.8 Å². The molecular weight excluding hydrogens is 344 g/mol. The Morgan fingerprint density at radius 2 is 1.88 bits per heavy atom. The second-order valence-electron chi connectivity index (χ2n) is 6.71. The third kappa shape index (κ3) is 6.19. The molecule has 0 spiro atoms. The predicted molar refractivity (Wildman–Crippen MR) is 103 cm³/mol.